The van der Waals surface area contributed by atoms with Gasteiger partial charge in [0.05, 0.1) is 19.8 Å². The number of rotatable bonds is 1. The first-order chi connectivity index (χ1) is 9.80. The smallest absolute Gasteiger partial charge is 0.378 e. The normalized spacial score (nSPS) is 25.6. The molecule has 1 saturated heterocycles. The Morgan fingerprint density at radius 2 is 2.05 bits per heavy atom. The van der Waals surface area contributed by atoms with Crippen LogP contribution < -0.4 is 15.8 Å². The predicted molar refractivity (Wildman–Crippen MR) is 69.6 cm³/mol. The maximum atomic E-state index is 13.1. The second-order valence-corrected chi connectivity index (χ2v) is 5.42. The summed E-state index contributed by atoms with van der Waals surface area (Å²) in [4.78, 5) is 18.0. The second kappa shape index (κ2) is 4.62. The summed E-state index contributed by atoms with van der Waals surface area (Å²) in [5.74, 6) is 0.345. The van der Waals surface area contributed by atoms with Crippen LogP contribution in [0.4, 0.5) is 24.9 Å². The van der Waals surface area contributed by atoms with Crippen molar-refractivity contribution < 1.29 is 17.9 Å². The predicted octanol–water partition coefficient (Wildman–Crippen LogP) is 0.826. The lowest BCUT2D eigenvalue weighted by molar-refractivity contribution is -0.174. The zero-order valence-corrected chi connectivity index (χ0v) is 11.4. The minimum Gasteiger partial charge on any atom is -0.378 e. The quantitative estimate of drug-likeness (QED) is 0.832. The number of morpholine rings is 1. The van der Waals surface area contributed by atoms with E-state index in [0.29, 0.717) is 32.1 Å². The van der Waals surface area contributed by atoms with E-state index in [1.807, 2.05) is 4.90 Å². The van der Waals surface area contributed by atoms with Gasteiger partial charge in [0.15, 0.2) is 5.54 Å². The van der Waals surface area contributed by atoms with E-state index in [9.17, 15) is 18.0 Å². The molecule has 3 rings (SSSR count). The van der Waals surface area contributed by atoms with Crippen molar-refractivity contribution in [3.8, 4) is 0 Å². The number of nitrogens with zero attached hydrogens (tertiary/aromatic N) is 3. The molecule has 3 heterocycles. The molecule has 2 aliphatic heterocycles. The first-order valence-corrected chi connectivity index (χ1v) is 6.60. The number of hydrogen-bond acceptors (Lipinski definition) is 5. The van der Waals surface area contributed by atoms with Crippen molar-refractivity contribution in [3.05, 3.63) is 16.4 Å². The standard InChI is InChI=1S/C12H15F3N4O2/c1-11(12(13,14)15)7-19-9(20)6-8(16-10(19)17-11)18-2-4-21-5-3-18/h6H,2-5,7H2,1H3,(H,16,17)/t11-/m1/s1. The third-order valence-corrected chi connectivity index (χ3v) is 3.82. The summed E-state index contributed by atoms with van der Waals surface area (Å²) >= 11 is 0. The molecule has 6 nitrogen and oxygen atoms in total. The van der Waals surface area contributed by atoms with Crippen molar-refractivity contribution >= 4 is 11.8 Å². The maximum Gasteiger partial charge on any atom is 0.412 e. The minimum atomic E-state index is -4.47. The van der Waals surface area contributed by atoms with E-state index >= 15 is 0 Å². The van der Waals surface area contributed by atoms with E-state index in [1.54, 1.807) is 0 Å². The number of ether oxygens (including phenoxy) is 1. The fourth-order valence-electron chi connectivity index (χ4n) is 2.46. The van der Waals surface area contributed by atoms with Crippen molar-refractivity contribution in [2.75, 3.05) is 36.5 Å². The largest absolute Gasteiger partial charge is 0.412 e. The fraction of sp³-hybridized carbons (Fsp3) is 0.667. The Balaban J connectivity index is 1.94. The molecule has 0 amide bonds. The molecule has 0 radical (unpaired) electrons. The molecule has 1 aromatic rings. The van der Waals surface area contributed by atoms with Crippen molar-refractivity contribution in [2.24, 2.45) is 0 Å². The molecule has 0 unspecified atom stereocenters. The highest BCUT2D eigenvalue weighted by Crippen LogP contribution is 2.38. The number of nitrogens with one attached hydrogen (secondary N) is 1. The molecule has 0 saturated carbocycles. The summed E-state index contributed by atoms with van der Waals surface area (Å²) in [6.45, 7) is 2.69. The van der Waals surface area contributed by atoms with Gasteiger partial charge in [0.1, 0.15) is 5.82 Å². The molecule has 1 atom stereocenters. The highest BCUT2D eigenvalue weighted by molar-refractivity contribution is 5.47. The van der Waals surface area contributed by atoms with E-state index in [2.05, 4.69) is 10.3 Å². The SMILES string of the molecule is C[C@]1(C(F)(F)F)Cn2c(nc(N3CCOCC3)cc2=O)N1. The summed E-state index contributed by atoms with van der Waals surface area (Å²) < 4.78 is 45.4. The average Bonchev–Trinajstić information content (AvgIpc) is 2.78. The first-order valence-electron chi connectivity index (χ1n) is 6.60. The number of hydrogen-bond donors (Lipinski definition) is 1. The van der Waals surface area contributed by atoms with Crippen LogP contribution in [0.5, 0.6) is 0 Å². The van der Waals surface area contributed by atoms with Gasteiger partial charge >= 0.3 is 6.18 Å². The second-order valence-electron chi connectivity index (χ2n) is 5.42. The van der Waals surface area contributed by atoms with Crippen molar-refractivity contribution in [3.63, 3.8) is 0 Å². The van der Waals surface area contributed by atoms with Gasteiger partial charge in [0.25, 0.3) is 5.56 Å². The Morgan fingerprint density at radius 3 is 2.67 bits per heavy atom. The Labute approximate surface area is 118 Å². The number of anilines is 2. The molecular formula is C12H15F3N4O2. The molecule has 0 aliphatic carbocycles. The van der Waals surface area contributed by atoms with Crippen LogP contribution in [0.3, 0.4) is 0 Å². The van der Waals surface area contributed by atoms with Crippen molar-refractivity contribution in [1.82, 2.24) is 9.55 Å². The summed E-state index contributed by atoms with van der Waals surface area (Å²) in [7, 11) is 0. The molecular weight excluding hydrogens is 289 g/mol. The zero-order chi connectivity index (χ0) is 15.3. The van der Waals surface area contributed by atoms with Gasteiger partial charge in [0.2, 0.25) is 5.95 Å². The third kappa shape index (κ3) is 2.35. The van der Waals surface area contributed by atoms with Crippen molar-refractivity contribution in [1.29, 1.82) is 0 Å². The van der Waals surface area contributed by atoms with E-state index in [-0.39, 0.29) is 5.95 Å². The van der Waals surface area contributed by atoms with Gasteiger partial charge < -0.3 is 15.0 Å². The molecule has 1 N–H and O–H groups in total. The summed E-state index contributed by atoms with van der Waals surface area (Å²) in [5, 5.41) is 2.34. The lowest BCUT2D eigenvalue weighted by Crippen LogP contribution is -2.48. The summed E-state index contributed by atoms with van der Waals surface area (Å²) in [6.07, 6.45) is -4.47. The molecule has 21 heavy (non-hydrogen) atoms. The van der Waals surface area contributed by atoms with Crippen LogP contribution in [0, 0.1) is 0 Å². The zero-order valence-electron chi connectivity index (χ0n) is 11.4. The minimum absolute atomic E-state index is 0.0381. The molecule has 0 spiro atoms. The number of halogens is 3. The van der Waals surface area contributed by atoms with Crippen LogP contribution in [-0.2, 0) is 11.3 Å². The van der Waals surface area contributed by atoms with Crippen LogP contribution in [0.15, 0.2) is 10.9 Å². The van der Waals surface area contributed by atoms with Crippen LogP contribution in [0.2, 0.25) is 0 Å². The van der Waals surface area contributed by atoms with Gasteiger partial charge in [-0.1, -0.05) is 0 Å². The first kappa shape index (κ1) is 14.2. The van der Waals surface area contributed by atoms with E-state index in [4.69, 9.17) is 4.74 Å². The van der Waals surface area contributed by atoms with Crippen molar-refractivity contribution in [2.45, 2.75) is 25.2 Å². The maximum absolute atomic E-state index is 13.1. The Kier molecular flexibility index (Phi) is 3.12. The highest BCUT2D eigenvalue weighted by Gasteiger charge is 2.55. The number of alkyl halides is 3. The molecule has 116 valence electrons. The molecule has 2 aliphatic rings. The van der Waals surface area contributed by atoms with Crippen LogP contribution in [-0.4, -0.2) is 47.6 Å². The van der Waals surface area contributed by atoms with Gasteiger partial charge in [-0.25, -0.2) is 0 Å². The van der Waals surface area contributed by atoms with Crippen LogP contribution in [0.25, 0.3) is 0 Å². The van der Waals surface area contributed by atoms with Gasteiger partial charge in [0, 0.05) is 19.2 Å². The summed E-state index contributed by atoms with van der Waals surface area (Å²) in [6, 6.07) is 1.28. The molecule has 0 bridgehead atoms. The monoisotopic (exact) mass is 304 g/mol. The lowest BCUT2D eigenvalue weighted by Gasteiger charge is -2.28. The van der Waals surface area contributed by atoms with E-state index < -0.39 is 23.8 Å². The van der Waals surface area contributed by atoms with Crippen LogP contribution in [0.1, 0.15) is 6.92 Å². The van der Waals surface area contributed by atoms with E-state index in [1.165, 1.54) is 6.07 Å². The molecule has 9 heteroatoms. The Hall–Kier alpha value is -1.77. The van der Waals surface area contributed by atoms with Crippen LogP contribution >= 0.6 is 0 Å². The van der Waals surface area contributed by atoms with Gasteiger partial charge in [-0.05, 0) is 6.92 Å². The van der Waals surface area contributed by atoms with Gasteiger partial charge in [-0.3, -0.25) is 9.36 Å². The van der Waals surface area contributed by atoms with E-state index in [0.717, 1.165) is 11.5 Å². The highest BCUT2D eigenvalue weighted by atomic mass is 19.4. The topological polar surface area (TPSA) is 59.4 Å². The summed E-state index contributed by atoms with van der Waals surface area (Å²) in [5.41, 5.74) is -2.66. The lowest BCUT2D eigenvalue weighted by atomic mass is 10.0. The number of aromatic nitrogens is 2. The Morgan fingerprint density at radius 1 is 1.38 bits per heavy atom. The van der Waals surface area contributed by atoms with Gasteiger partial charge in [-0.2, -0.15) is 18.2 Å². The average molecular weight is 304 g/mol. The number of fused-ring (bicyclic) bond motifs is 1. The third-order valence-electron chi connectivity index (χ3n) is 3.82. The molecule has 0 aromatic carbocycles. The molecule has 1 fully saturated rings. The Bertz CT molecular complexity index is 610. The van der Waals surface area contributed by atoms with Gasteiger partial charge in [-0.15, -0.1) is 0 Å². The fourth-order valence-corrected chi connectivity index (χ4v) is 2.46. The molecule has 1 aromatic heterocycles.